The van der Waals surface area contributed by atoms with E-state index >= 15 is 0 Å². The number of thiophene rings is 1. The quantitative estimate of drug-likeness (QED) is 0.455. The number of rotatable bonds is 3. The fraction of sp³-hybridized carbons (Fsp3) is 0.143. The lowest BCUT2D eigenvalue weighted by Crippen LogP contribution is -2.29. The van der Waals surface area contributed by atoms with Crippen LogP contribution in [0.4, 0.5) is 0 Å². The second kappa shape index (κ2) is 5.74. The Kier molecular flexibility index (Phi) is 3.96. The summed E-state index contributed by atoms with van der Waals surface area (Å²) in [4.78, 5) is 27.9. The van der Waals surface area contributed by atoms with Crippen molar-refractivity contribution in [2.45, 2.75) is 6.04 Å². The van der Waals surface area contributed by atoms with Gasteiger partial charge in [-0.25, -0.2) is 0 Å². The molecule has 0 fully saturated rings. The number of nitrogens with one attached hydrogen (secondary N) is 3. The number of aromatic nitrogens is 2. The average Bonchev–Trinajstić information content (AvgIpc) is 2.87. The number of benzene rings is 1. The highest BCUT2D eigenvalue weighted by Gasteiger charge is 2.14. The van der Waals surface area contributed by atoms with E-state index in [1.54, 1.807) is 11.3 Å². The summed E-state index contributed by atoms with van der Waals surface area (Å²) in [5.41, 5.74) is 2.19. The first-order valence-corrected chi connectivity index (χ1v) is 8.22. The Morgan fingerprint density at radius 3 is 2.43 bits per heavy atom. The minimum Gasteiger partial charge on any atom is -0.316 e. The molecule has 2 aromatic heterocycles. The van der Waals surface area contributed by atoms with Crippen molar-refractivity contribution in [2.24, 2.45) is 0 Å². The summed E-state index contributed by atoms with van der Waals surface area (Å²) in [6.45, 7) is 0. The van der Waals surface area contributed by atoms with E-state index < -0.39 is 11.1 Å². The monoisotopic (exact) mass is 413 g/mol. The molecule has 3 rings (SSSR count). The Morgan fingerprint density at radius 1 is 1.10 bits per heavy atom. The third kappa shape index (κ3) is 2.81. The van der Waals surface area contributed by atoms with Crippen LogP contribution >= 0.6 is 33.9 Å². The van der Waals surface area contributed by atoms with Gasteiger partial charge in [0.1, 0.15) is 0 Å². The van der Waals surface area contributed by atoms with Gasteiger partial charge >= 0.3 is 11.1 Å². The maximum atomic E-state index is 11.4. The SMILES string of the molecule is CNC(c1csc(I)c1)c1ccc2[nH]c(=O)c(=O)[nH]c2c1. The summed E-state index contributed by atoms with van der Waals surface area (Å²) >= 11 is 3.99. The first-order valence-electron chi connectivity index (χ1n) is 6.26. The van der Waals surface area contributed by atoms with Crippen LogP contribution < -0.4 is 16.4 Å². The summed E-state index contributed by atoms with van der Waals surface area (Å²) < 4.78 is 1.22. The standard InChI is InChI=1S/C14H12IN3O2S/c1-16-12(8-5-11(15)21-6-8)7-2-3-9-10(4-7)18-14(20)13(19)17-9/h2-6,12,16H,1H3,(H,17,19)(H,18,20). The van der Waals surface area contributed by atoms with Crippen LogP contribution in [0.3, 0.4) is 0 Å². The summed E-state index contributed by atoms with van der Waals surface area (Å²) in [5, 5.41) is 5.39. The smallest absolute Gasteiger partial charge is 0.314 e. The van der Waals surface area contributed by atoms with E-state index in [2.05, 4.69) is 49.3 Å². The Bertz CT molecular complexity index is 912. The molecule has 3 N–H and O–H groups in total. The van der Waals surface area contributed by atoms with E-state index in [0.717, 1.165) is 5.56 Å². The largest absolute Gasteiger partial charge is 0.316 e. The van der Waals surface area contributed by atoms with Crippen molar-refractivity contribution >= 4 is 45.0 Å². The molecule has 1 aromatic carbocycles. The first-order chi connectivity index (χ1) is 10.1. The van der Waals surface area contributed by atoms with Crippen LogP contribution in [0.25, 0.3) is 11.0 Å². The van der Waals surface area contributed by atoms with E-state index in [4.69, 9.17) is 0 Å². The van der Waals surface area contributed by atoms with Crippen LogP contribution in [-0.4, -0.2) is 17.0 Å². The summed E-state index contributed by atoms with van der Waals surface area (Å²) in [6, 6.07) is 7.82. The Hall–Kier alpha value is -1.45. The molecule has 0 amide bonds. The Balaban J connectivity index is 2.13. The van der Waals surface area contributed by atoms with Crippen LogP contribution in [0.15, 0.2) is 39.2 Å². The highest BCUT2D eigenvalue weighted by molar-refractivity contribution is 14.1. The highest BCUT2D eigenvalue weighted by atomic mass is 127. The van der Waals surface area contributed by atoms with Crippen LogP contribution in [-0.2, 0) is 0 Å². The summed E-state index contributed by atoms with van der Waals surface area (Å²) in [7, 11) is 1.90. The number of H-pyrrole nitrogens is 2. The van der Waals surface area contributed by atoms with Gasteiger partial charge in [-0.1, -0.05) is 6.07 Å². The van der Waals surface area contributed by atoms with Gasteiger partial charge in [-0.3, -0.25) is 9.59 Å². The number of aromatic amines is 2. The Labute approximate surface area is 137 Å². The van der Waals surface area contributed by atoms with E-state index in [1.807, 2.05) is 25.2 Å². The Morgan fingerprint density at radius 2 is 1.81 bits per heavy atom. The zero-order valence-corrected chi connectivity index (χ0v) is 14.0. The molecule has 7 heteroatoms. The van der Waals surface area contributed by atoms with Crippen molar-refractivity contribution < 1.29 is 0 Å². The third-order valence-corrected chi connectivity index (χ3v) is 5.10. The van der Waals surface area contributed by atoms with Crippen LogP contribution in [0.2, 0.25) is 0 Å². The van der Waals surface area contributed by atoms with Gasteiger partial charge in [-0.15, -0.1) is 11.3 Å². The van der Waals surface area contributed by atoms with E-state index in [9.17, 15) is 9.59 Å². The lowest BCUT2D eigenvalue weighted by atomic mass is 10.0. The molecule has 1 atom stereocenters. The van der Waals surface area contributed by atoms with Crippen molar-refractivity contribution in [1.82, 2.24) is 15.3 Å². The molecular weight excluding hydrogens is 401 g/mol. The predicted octanol–water partition coefficient (Wildman–Crippen LogP) is 2.19. The van der Waals surface area contributed by atoms with Gasteiger partial charge in [0.2, 0.25) is 0 Å². The predicted molar refractivity (Wildman–Crippen MR) is 93.1 cm³/mol. The van der Waals surface area contributed by atoms with Gasteiger partial charge in [0.15, 0.2) is 0 Å². The van der Waals surface area contributed by atoms with E-state index in [-0.39, 0.29) is 6.04 Å². The van der Waals surface area contributed by atoms with Crippen molar-refractivity contribution in [3.8, 4) is 0 Å². The zero-order chi connectivity index (χ0) is 15.0. The molecule has 2 heterocycles. The number of hydrogen-bond acceptors (Lipinski definition) is 4. The van der Waals surface area contributed by atoms with Crippen molar-refractivity contribution in [3.63, 3.8) is 0 Å². The molecule has 108 valence electrons. The lowest BCUT2D eigenvalue weighted by molar-refractivity contribution is 0.694. The van der Waals surface area contributed by atoms with Gasteiger partial charge in [0.05, 0.1) is 20.0 Å². The van der Waals surface area contributed by atoms with Crippen molar-refractivity contribution in [3.05, 3.63) is 64.4 Å². The fourth-order valence-electron chi connectivity index (χ4n) is 2.31. The van der Waals surface area contributed by atoms with Crippen LogP contribution in [0.1, 0.15) is 17.2 Å². The molecule has 0 spiro atoms. The van der Waals surface area contributed by atoms with Crippen LogP contribution in [0.5, 0.6) is 0 Å². The molecule has 0 aliphatic heterocycles. The minimum atomic E-state index is -0.634. The molecule has 0 aliphatic rings. The normalized spacial score (nSPS) is 12.7. The van der Waals surface area contributed by atoms with Gasteiger partial charge in [-0.2, -0.15) is 0 Å². The van der Waals surface area contributed by atoms with E-state index in [0.29, 0.717) is 11.0 Å². The maximum absolute atomic E-state index is 11.4. The second-order valence-corrected chi connectivity index (χ2v) is 7.42. The first kappa shape index (κ1) is 14.5. The minimum absolute atomic E-state index is 0.0459. The number of fused-ring (bicyclic) bond motifs is 1. The molecular formula is C14H12IN3O2S. The number of hydrogen-bond donors (Lipinski definition) is 3. The summed E-state index contributed by atoms with van der Waals surface area (Å²) in [5.74, 6) is 0. The lowest BCUT2D eigenvalue weighted by Gasteiger charge is -2.16. The molecule has 0 radical (unpaired) electrons. The third-order valence-electron chi connectivity index (χ3n) is 3.29. The second-order valence-electron chi connectivity index (χ2n) is 4.62. The van der Waals surface area contributed by atoms with Gasteiger partial charge in [-0.05, 0) is 64.3 Å². The summed E-state index contributed by atoms with van der Waals surface area (Å²) in [6.07, 6.45) is 0. The maximum Gasteiger partial charge on any atom is 0.314 e. The molecule has 0 bridgehead atoms. The topological polar surface area (TPSA) is 77.8 Å². The fourth-order valence-corrected chi connectivity index (χ4v) is 3.71. The molecule has 1 unspecified atom stereocenters. The average molecular weight is 413 g/mol. The highest BCUT2D eigenvalue weighted by Crippen LogP contribution is 2.28. The number of halogens is 1. The van der Waals surface area contributed by atoms with Crippen molar-refractivity contribution in [2.75, 3.05) is 7.05 Å². The van der Waals surface area contributed by atoms with Gasteiger partial charge in [0.25, 0.3) is 0 Å². The van der Waals surface area contributed by atoms with E-state index in [1.165, 1.54) is 8.45 Å². The van der Waals surface area contributed by atoms with Crippen molar-refractivity contribution in [1.29, 1.82) is 0 Å². The molecule has 21 heavy (non-hydrogen) atoms. The molecule has 0 saturated carbocycles. The van der Waals surface area contributed by atoms with Crippen LogP contribution in [0, 0.1) is 2.88 Å². The zero-order valence-electron chi connectivity index (χ0n) is 11.1. The van der Waals surface area contributed by atoms with Gasteiger partial charge in [0, 0.05) is 0 Å². The molecule has 0 aliphatic carbocycles. The van der Waals surface area contributed by atoms with Gasteiger partial charge < -0.3 is 15.3 Å². The molecule has 5 nitrogen and oxygen atoms in total. The molecule has 0 saturated heterocycles. The molecule has 3 aromatic rings.